The van der Waals surface area contributed by atoms with Crippen molar-refractivity contribution >= 4 is 6.47 Å². The highest BCUT2D eigenvalue weighted by molar-refractivity contribution is 5.37. The van der Waals surface area contributed by atoms with Crippen molar-refractivity contribution in [2.75, 3.05) is 6.54 Å². The molecule has 0 radical (unpaired) electrons. The Morgan fingerprint density at radius 2 is 2.56 bits per heavy atom. The average Bonchev–Trinajstić information content (AvgIpc) is 2.18. The average molecular weight is 131 g/mol. The molecular formula is C5H9NO3. The zero-order valence-corrected chi connectivity index (χ0v) is 4.91. The van der Waals surface area contributed by atoms with Gasteiger partial charge in [-0.15, -0.1) is 0 Å². The molecule has 1 aliphatic heterocycles. The van der Waals surface area contributed by atoms with E-state index in [4.69, 9.17) is 5.11 Å². The van der Waals surface area contributed by atoms with E-state index in [9.17, 15) is 4.79 Å². The van der Waals surface area contributed by atoms with Crippen LogP contribution >= 0.6 is 0 Å². The number of hydrogen-bond donors (Lipinski definition) is 2. The van der Waals surface area contributed by atoms with Crippen LogP contribution in [0.5, 0.6) is 0 Å². The van der Waals surface area contributed by atoms with Gasteiger partial charge in [0.2, 0.25) is 0 Å². The smallest absolute Gasteiger partial charge is 0.294 e. The predicted octanol–water partition coefficient (Wildman–Crippen LogP) is -1.16. The number of rotatable bonds is 2. The van der Waals surface area contributed by atoms with E-state index >= 15 is 0 Å². The van der Waals surface area contributed by atoms with Crippen LogP contribution in [0.4, 0.5) is 0 Å². The fourth-order valence-corrected chi connectivity index (χ4v) is 0.860. The molecule has 0 aliphatic carbocycles. The van der Waals surface area contributed by atoms with E-state index in [1.807, 2.05) is 0 Å². The molecule has 9 heavy (non-hydrogen) atoms. The molecule has 2 atom stereocenters. The van der Waals surface area contributed by atoms with Crippen LogP contribution in [0.3, 0.4) is 0 Å². The molecule has 52 valence electrons. The molecular weight excluding hydrogens is 122 g/mol. The summed E-state index contributed by atoms with van der Waals surface area (Å²) >= 11 is 0. The summed E-state index contributed by atoms with van der Waals surface area (Å²) < 4.78 is 4.47. The van der Waals surface area contributed by atoms with E-state index in [1.54, 1.807) is 0 Å². The Hall–Kier alpha value is -0.610. The lowest BCUT2D eigenvalue weighted by atomic mass is 10.3. The first kappa shape index (κ1) is 6.51. The first-order valence-corrected chi connectivity index (χ1v) is 2.85. The van der Waals surface area contributed by atoms with Gasteiger partial charge in [0.1, 0.15) is 6.10 Å². The number of carbonyl (C=O) groups excluding carboxylic acids is 1. The largest absolute Gasteiger partial charge is 0.446 e. The van der Waals surface area contributed by atoms with E-state index < -0.39 is 12.3 Å². The van der Waals surface area contributed by atoms with Gasteiger partial charge in [0.15, 0.2) is 6.23 Å². The highest BCUT2D eigenvalue weighted by Gasteiger charge is 2.25. The molecule has 4 heteroatoms. The topological polar surface area (TPSA) is 58.6 Å². The summed E-state index contributed by atoms with van der Waals surface area (Å²) in [5.74, 6) is 0. The molecule has 1 fully saturated rings. The SMILES string of the molecule is O=CO[C@H]1NCC[C@H]1O. The normalized spacial score (nSPS) is 34.3. The molecule has 4 nitrogen and oxygen atoms in total. The Morgan fingerprint density at radius 3 is 3.00 bits per heavy atom. The number of hydrogen-bond acceptors (Lipinski definition) is 4. The van der Waals surface area contributed by atoms with Gasteiger partial charge >= 0.3 is 0 Å². The van der Waals surface area contributed by atoms with E-state index in [0.717, 1.165) is 0 Å². The molecule has 1 heterocycles. The molecule has 2 N–H and O–H groups in total. The van der Waals surface area contributed by atoms with Gasteiger partial charge in [-0.05, 0) is 6.42 Å². The molecule has 1 saturated heterocycles. The number of carbonyl (C=O) groups is 1. The van der Waals surface area contributed by atoms with Crippen molar-refractivity contribution in [1.29, 1.82) is 0 Å². The summed E-state index contributed by atoms with van der Waals surface area (Å²) in [5.41, 5.74) is 0. The number of aliphatic hydroxyl groups is 1. The van der Waals surface area contributed by atoms with Gasteiger partial charge in [0.05, 0.1) is 0 Å². The quantitative estimate of drug-likeness (QED) is 0.464. The molecule has 0 saturated carbocycles. The minimum absolute atomic E-state index is 0.339. The van der Waals surface area contributed by atoms with Crippen LogP contribution in [-0.2, 0) is 9.53 Å². The van der Waals surface area contributed by atoms with Crippen LogP contribution in [0.25, 0.3) is 0 Å². The molecule has 0 aromatic heterocycles. The molecule has 0 aromatic rings. The summed E-state index contributed by atoms with van der Waals surface area (Å²) in [5, 5.41) is 11.8. The van der Waals surface area contributed by atoms with Gasteiger partial charge in [-0.3, -0.25) is 10.1 Å². The van der Waals surface area contributed by atoms with Gasteiger partial charge in [-0.25, -0.2) is 0 Å². The molecule has 1 aliphatic rings. The van der Waals surface area contributed by atoms with Crippen LogP contribution < -0.4 is 5.32 Å². The zero-order chi connectivity index (χ0) is 6.69. The van der Waals surface area contributed by atoms with Gasteiger partial charge < -0.3 is 9.84 Å². The number of nitrogens with one attached hydrogen (secondary N) is 1. The lowest BCUT2D eigenvalue weighted by molar-refractivity contribution is -0.138. The summed E-state index contributed by atoms with van der Waals surface area (Å²) in [4.78, 5) is 9.73. The fraction of sp³-hybridized carbons (Fsp3) is 0.800. The summed E-state index contributed by atoms with van der Waals surface area (Å²) in [6, 6.07) is 0. The maximum atomic E-state index is 9.73. The molecule has 0 amide bonds. The van der Waals surface area contributed by atoms with Crippen LogP contribution in [0.15, 0.2) is 0 Å². The van der Waals surface area contributed by atoms with Crippen molar-refractivity contribution in [1.82, 2.24) is 5.32 Å². The monoisotopic (exact) mass is 131 g/mol. The zero-order valence-electron chi connectivity index (χ0n) is 4.91. The Balaban J connectivity index is 2.30. The molecule has 0 bridgehead atoms. The highest BCUT2D eigenvalue weighted by atomic mass is 16.5. The van der Waals surface area contributed by atoms with E-state index in [0.29, 0.717) is 19.4 Å². The van der Waals surface area contributed by atoms with Crippen molar-refractivity contribution in [3.8, 4) is 0 Å². The first-order valence-electron chi connectivity index (χ1n) is 2.85. The van der Waals surface area contributed by atoms with Gasteiger partial charge in [-0.2, -0.15) is 0 Å². The second kappa shape index (κ2) is 2.80. The Morgan fingerprint density at radius 1 is 1.78 bits per heavy atom. The van der Waals surface area contributed by atoms with Crippen molar-refractivity contribution < 1.29 is 14.6 Å². The van der Waals surface area contributed by atoms with Gasteiger partial charge in [0, 0.05) is 6.54 Å². The lowest BCUT2D eigenvalue weighted by Crippen LogP contribution is -2.32. The molecule has 0 spiro atoms. The van der Waals surface area contributed by atoms with Crippen molar-refractivity contribution in [3.63, 3.8) is 0 Å². The summed E-state index contributed by atoms with van der Waals surface area (Å²) in [6.07, 6.45) is -0.365. The van der Waals surface area contributed by atoms with E-state index in [-0.39, 0.29) is 0 Å². The summed E-state index contributed by atoms with van der Waals surface area (Å²) in [6.45, 7) is 1.05. The second-order valence-electron chi connectivity index (χ2n) is 1.96. The first-order chi connectivity index (χ1) is 4.34. The lowest BCUT2D eigenvalue weighted by Gasteiger charge is -2.10. The third-order valence-electron chi connectivity index (χ3n) is 1.34. The van der Waals surface area contributed by atoms with Gasteiger partial charge in [-0.1, -0.05) is 0 Å². The third-order valence-corrected chi connectivity index (χ3v) is 1.34. The Kier molecular flexibility index (Phi) is 2.02. The maximum absolute atomic E-state index is 9.73. The van der Waals surface area contributed by atoms with Crippen molar-refractivity contribution in [3.05, 3.63) is 0 Å². The highest BCUT2D eigenvalue weighted by Crippen LogP contribution is 2.05. The summed E-state index contributed by atoms with van der Waals surface area (Å²) in [7, 11) is 0. The van der Waals surface area contributed by atoms with Crippen LogP contribution in [0.1, 0.15) is 6.42 Å². The Bertz CT molecular complexity index is 106. The Labute approximate surface area is 52.8 Å². The van der Waals surface area contributed by atoms with E-state index in [2.05, 4.69) is 10.1 Å². The number of ether oxygens (including phenoxy) is 1. The minimum Gasteiger partial charge on any atom is -0.446 e. The van der Waals surface area contributed by atoms with Crippen molar-refractivity contribution in [2.24, 2.45) is 0 Å². The minimum atomic E-state index is -0.532. The van der Waals surface area contributed by atoms with E-state index in [1.165, 1.54) is 0 Å². The van der Waals surface area contributed by atoms with Crippen LogP contribution in [0.2, 0.25) is 0 Å². The number of aliphatic hydroxyl groups excluding tert-OH is 1. The van der Waals surface area contributed by atoms with Crippen LogP contribution in [0, 0.1) is 0 Å². The predicted molar refractivity (Wildman–Crippen MR) is 29.6 cm³/mol. The van der Waals surface area contributed by atoms with Gasteiger partial charge in [0.25, 0.3) is 6.47 Å². The molecule has 1 rings (SSSR count). The molecule has 0 aromatic carbocycles. The second-order valence-corrected chi connectivity index (χ2v) is 1.96. The maximum Gasteiger partial charge on any atom is 0.294 e. The third kappa shape index (κ3) is 1.40. The van der Waals surface area contributed by atoms with Crippen LogP contribution in [-0.4, -0.2) is 30.5 Å². The standard InChI is InChI=1S/C5H9NO3/c7-3-9-5-4(8)1-2-6-5/h3-6,8H,1-2H2/t4-,5-/m1/s1. The molecule has 0 unspecified atom stereocenters. The van der Waals surface area contributed by atoms with Crippen molar-refractivity contribution in [2.45, 2.75) is 18.8 Å². The fourth-order valence-electron chi connectivity index (χ4n) is 0.860.